The number of nitrogens with zero attached hydrogens (tertiary/aromatic N) is 5. The maximum absolute atomic E-state index is 14.9. The molecule has 0 aliphatic carbocycles. The summed E-state index contributed by atoms with van der Waals surface area (Å²) < 4.78 is 20.8. The number of hydrogen-bond acceptors (Lipinski definition) is 8. The molecule has 3 amide bonds. The fraction of sp³-hybridized carbons (Fsp3) is 0.222. The first-order chi connectivity index (χ1) is 20.3. The van der Waals surface area contributed by atoms with Crippen LogP contribution in [0.5, 0.6) is 0 Å². The number of halogens is 2. The molecule has 13 nitrogen and oxygen atoms in total. The summed E-state index contributed by atoms with van der Waals surface area (Å²) in [6.45, 7) is 0. The molecule has 0 unspecified atom stereocenters. The Morgan fingerprint density at radius 1 is 1.24 bits per heavy atom. The molecule has 0 radical (unpaired) electrons. The van der Waals surface area contributed by atoms with E-state index in [4.69, 9.17) is 11.6 Å². The molecule has 3 heterocycles. The number of imidazole rings is 1. The molecule has 0 saturated carbocycles. The summed E-state index contributed by atoms with van der Waals surface area (Å²) in [5.74, 6) is -0.914. The van der Waals surface area contributed by atoms with Crippen molar-refractivity contribution in [2.24, 2.45) is 0 Å². The number of tetrazole rings is 1. The van der Waals surface area contributed by atoms with Crippen molar-refractivity contribution < 1.29 is 23.5 Å². The molecule has 42 heavy (non-hydrogen) atoms. The summed E-state index contributed by atoms with van der Waals surface area (Å²) in [5, 5.41) is 19.2. The SMILES string of the molecule is COC(=O)Nc1ccc2c(c1)NC(=O)CCCC[C@H](NC(=O)C=Cc1c(-n3cnnn3)ccc(Cl)c1F)c1ncc-2[nH]1. The number of hydrogen-bond donors (Lipinski definition) is 4. The Labute approximate surface area is 243 Å². The lowest BCUT2D eigenvalue weighted by atomic mass is 10.1. The molecule has 2 aromatic carbocycles. The molecule has 216 valence electrons. The standard InChI is InChI=1S/C27H25ClFN9O4/c1-42-27(41)32-15-6-7-16-20(12-15)34-23(39)5-3-2-4-19(26-30-13-21(16)35-26)33-24(40)11-8-17-22(38-14-31-36-37-38)10-9-18(28)25(17)29/h6-14,19H,2-5H2,1H3,(H,30,35)(H,32,41)(H,33,40)(H,34,39)/t19-/m0/s1. The van der Waals surface area contributed by atoms with E-state index >= 15 is 0 Å². The number of methoxy groups -OCH3 is 1. The third kappa shape index (κ3) is 6.44. The maximum atomic E-state index is 14.9. The monoisotopic (exact) mass is 593 g/mol. The summed E-state index contributed by atoms with van der Waals surface area (Å²) in [6.07, 6.45) is 6.67. The molecule has 1 aliphatic rings. The minimum Gasteiger partial charge on any atom is -0.453 e. The Hall–Kier alpha value is -5.11. The van der Waals surface area contributed by atoms with Gasteiger partial charge in [-0.05, 0) is 59.7 Å². The van der Waals surface area contributed by atoms with Crippen LogP contribution < -0.4 is 16.0 Å². The van der Waals surface area contributed by atoms with Gasteiger partial charge in [-0.25, -0.2) is 14.2 Å². The van der Waals surface area contributed by atoms with E-state index < -0.39 is 23.9 Å². The molecule has 4 aromatic rings. The molecule has 0 spiro atoms. The summed E-state index contributed by atoms with van der Waals surface area (Å²) in [5.41, 5.74) is 2.46. The molecule has 1 atom stereocenters. The number of aromatic nitrogens is 6. The van der Waals surface area contributed by atoms with Gasteiger partial charge in [0.05, 0.1) is 41.4 Å². The first-order valence-corrected chi connectivity index (χ1v) is 13.2. The second-order valence-electron chi connectivity index (χ2n) is 9.30. The molecule has 1 aliphatic heterocycles. The minimum atomic E-state index is -0.725. The van der Waals surface area contributed by atoms with Crippen molar-refractivity contribution >= 4 is 47.0 Å². The first-order valence-electron chi connectivity index (χ1n) is 12.9. The number of aromatic amines is 1. The van der Waals surface area contributed by atoms with Gasteiger partial charge in [0.2, 0.25) is 11.8 Å². The van der Waals surface area contributed by atoms with E-state index in [0.717, 1.165) is 0 Å². The quantitative estimate of drug-likeness (QED) is 0.247. The molecule has 0 fully saturated rings. The molecular formula is C27H25ClFN9O4. The van der Waals surface area contributed by atoms with E-state index in [1.807, 2.05) is 0 Å². The van der Waals surface area contributed by atoms with Gasteiger partial charge in [-0.15, -0.1) is 5.10 Å². The number of ether oxygens (including phenoxy) is 1. The zero-order valence-corrected chi connectivity index (χ0v) is 23.0. The third-order valence-corrected chi connectivity index (χ3v) is 6.80. The van der Waals surface area contributed by atoms with Crippen molar-refractivity contribution in [1.29, 1.82) is 0 Å². The molecule has 2 bridgehead atoms. The average molecular weight is 594 g/mol. The van der Waals surface area contributed by atoms with Crippen LogP contribution in [0.15, 0.2) is 48.9 Å². The topological polar surface area (TPSA) is 169 Å². The minimum absolute atomic E-state index is 0.0348. The second-order valence-corrected chi connectivity index (χ2v) is 9.70. The Morgan fingerprint density at radius 2 is 2.10 bits per heavy atom. The van der Waals surface area contributed by atoms with Crippen LogP contribution in [0, 0.1) is 5.82 Å². The molecule has 15 heteroatoms. The highest BCUT2D eigenvalue weighted by molar-refractivity contribution is 6.31. The summed E-state index contributed by atoms with van der Waals surface area (Å²) in [7, 11) is 1.26. The van der Waals surface area contributed by atoms with Gasteiger partial charge in [-0.2, -0.15) is 4.68 Å². The normalized spacial score (nSPS) is 15.2. The van der Waals surface area contributed by atoms with E-state index in [-0.39, 0.29) is 22.9 Å². The third-order valence-electron chi connectivity index (χ3n) is 6.51. The fourth-order valence-electron chi connectivity index (χ4n) is 4.47. The van der Waals surface area contributed by atoms with Crippen LogP contribution in [0.3, 0.4) is 0 Å². The Morgan fingerprint density at radius 3 is 2.88 bits per heavy atom. The van der Waals surface area contributed by atoms with Gasteiger partial charge in [-0.3, -0.25) is 14.9 Å². The average Bonchev–Trinajstić information content (AvgIpc) is 3.68. The molecule has 0 saturated heterocycles. The van der Waals surface area contributed by atoms with Crippen LogP contribution in [-0.2, 0) is 14.3 Å². The number of fused-ring (bicyclic) bond motifs is 4. The van der Waals surface area contributed by atoms with E-state index in [0.29, 0.717) is 53.4 Å². The molecule has 4 N–H and O–H groups in total. The predicted molar refractivity (Wildman–Crippen MR) is 151 cm³/mol. The first kappa shape index (κ1) is 28.4. The van der Waals surface area contributed by atoms with Crippen LogP contribution >= 0.6 is 11.6 Å². The van der Waals surface area contributed by atoms with Crippen LogP contribution in [0.25, 0.3) is 23.0 Å². The van der Waals surface area contributed by atoms with Crippen molar-refractivity contribution in [1.82, 2.24) is 35.5 Å². The van der Waals surface area contributed by atoms with Gasteiger partial charge in [0.25, 0.3) is 0 Å². The number of rotatable bonds is 5. The van der Waals surface area contributed by atoms with Crippen LogP contribution in [0.1, 0.15) is 43.1 Å². The second kappa shape index (κ2) is 12.6. The highest BCUT2D eigenvalue weighted by Gasteiger charge is 2.21. The zero-order chi connectivity index (χ0) is 29.6. The zero-order valence-electron chi connectivity index (χ0n) is 22.2. The van der Waals surface area contributed by atoms with E-state index in [1.165, 1.54) is 36.3 Å². The Balaban J connectivity index is 1.40. The van der Waals surface area contributed by atoms with Crippen LogP contribution in [0.2, 0.25) is 5.02 Å². The number of anilines is 2. The lowest BCUT2D eigenvalue weighted by Crippen LogP contribution is -2.28. The molecular weight excluding hydrogens is 569 g/mol. The van der Waals surface area contributed by atoms with Gasteiger partial charge in [-0.1, -0.05) is 18.0 Å². The van der Waals surface area contributed by atoms with Crippen molar-refractivity contribution in [2.45, 2.75) is 31.7 Å². The van der Waals surface area contributed by atoms with E-state index in [2.05, 4.69) is 46.2 Å². The number of carbonyl (C=O) groups is 3. The van der Waals surface area contributed by atoms with Crippen molar-refractivity contribution in [2.75, 3.05) is 17.7 Å². The summed E-state index contributed by atoms with van der Waals surface area (Å²) in [6, 6.07) is 7.40. The van der Waals surface area contributed by atoms with Gasteiger partial charge in [0.15, 0.2) is 5.82 Å². The van der Waals surface area contributed by atoms with Crippen LogP contribution in [0.4, 0.5) is 20.6 Å². The van der Waals surface area contributed by atoms with E-state index in [1.54, 1.807) is 30.5 Å². The van der Waals surface area contributed by atoms with Crippen molar-refractivity contribution in [3.05, 3.63) is 71.2 Å². The lowest BCUT2D eigenvalue weighted by molar-refractivity contribution is -0.118. The highest BCUT2D eigenvalue weighted by atomic mass is 35.5. The van der Waals surface area contributed by atoms with Gasteiger partial charge < -0.3 is 20.4 Å². The van der Waals surface area contributed by atoms with Gasteiger partial charge >= 0.3 is 6.09 Å². The van der Waals surface area contributed by atoms with E-state index in [9.17, 15) is 18.8 Å². The smallest absolute Gasteiger partial charge is 0.411 e. The largest absolute Gasteiger partial charge is 0.453 e. The number of nitrogens with one attached hydrogen (secondary N) is 4. The molecule has 5 rings (SSSR count). The highest BCUT2D eigenvalue weighted by Crippen LogP contribution is 2.32. The van der Waals surface area contributed by atoms with Crippen molar-refractivity contribution in [3.8, 4) is 16.9 Å². The number of amides is 3. The molecule has 2 aromatic heterocycles. The fourth-order valence-corrected chi connectivity index (χ4v) is 4.63. The Bertz CT molecular complexity index is 1660. The Kier molecular flexibility index (Phi) is 8.52. The maximum Gasteiger partial charge on any atom is 0.411 e. The van der Waals surface area contributed by atoms with Gasteiger partial charge in [0.1, 0.15) is 12.2 Å². The summed E-state index contributed by atoms with van der Waals surface area (Å²) >= 11 is 5.98. The van der Waals surface area contributed by atoms with Gasteiger partial charge in [0, 0.05) is 29.3 Å². The van der Waals surface area contributed by atoms with Crippen molar-refractivity contribution in [3.63, 3.8) is 0 Å². The number of carbonyl (C=O) groups excluding carboxylic acids is 3. The predicted octanol–water partition coefficient (Wildman–Crippen LogP) is 4.41. The number of benzene rings is 2. The number of H-pyrrole nitrogens is 1. The van der Waals surface area contributed by atoms with Crippen LogP contribution in [-0.4, -0.2) is 55.2 Å². The lowest BCUT2D eigenvalue weighted by Gasteiger charge is -2.17. The summed E-state index contributed by atoms with van der Waals surface area (Å²) in [4.78, 5) is 45.1.